The zero-order valence-electron chi connectivity index (χ0n) is 21.4. The van der Waals surface area contributed by atoms with Crippen molar-refractivity contribution >= 4 is 6.21 Å². The van der Waals surface area contributed by atoms with Gasteiger partial charge in [0.25, 0.3) is 0 Å². The molecule has 0 N–H and O–H groups in total. The van der Waals surface area contributed by atoms with Gasteiger partial charge in [0.1, 0.15) is 12.8 Å². The summed E-state index contributed by atoms with van der Waals surface area (Å²) in [7, 11) is 0. The zero-order valence-corrected chi connectivity index (χ0v) is 21.4. The van der Waals surface area contributed by atoms with E-state index in [4.69, 9.17) is 4.74 Å². The molecular weight excluding hydrogens is 449 g/mol. The average molecular weight is 493 g/mol. The van der Waals surface area contributed by atoms with Gasteiger partial charge in [0.15, 0.2) is 0 Å². The summed E-state index contributed by atoms with van der Waals surface area (Å²) in [5.74, 6) is -2.06. The van der Waals surface area contributed by atoms with Crippen LogP contribution in [0.1, 0.15) is 109 Å². The normalized spacial score (nSPS) is 21.7. The van der Waals surface area contributed by atoms with Crippen molar-refractivity contribution in [2.45, 2.75) is 115 Å². The third-order valence-corrected chi connectivity index (χ3v) is 7.30. The second-order valence-corrected chi connectivity index (χ2v) is 10.2. The molecule has 0 saturated heterocycles. The van der Waals surface area contributed by atoms with Gasteiger partial charge in [0, 0.05) is 17.4 Å². The highest BCUT2D eigenvalue weighted by molar-refractivity contribution is 5.80. The third kappa shape index (κ3) is 8.28. The quantitative estimate of drug-likeness (QED) is 0.131. The molecule has 1 aliphatic carbocycles. The minimum atomic E-state index is -2.71. The molecular formula is C29H43F3N2O. The smallest absolute Gasteiger partial charge is 0.333 e. The fourth-order valence-corrected chi connectivity index (χ4v) is 5.14. The molecule has 2 atom stereocenters. The number of nitrogens with zero attached hydrogens (tertiary/aromatic N) is 2. The highest BCUT2D eigenvalue weighted by Gasteiger charge is 2.45. The Hall–Kier alpha value is -1.98. The second kappa shape index (κ2) is 14.5. The fraction of sp³-hybridized carbons (Fsp3) is 0.690. The summed E-state index contributed by atoms with van der Waals surface area (Å²) in [6.07, 6.45) is 16.0. The van der Waals surface area contributed by atoms with Crippen molar-refractivity contribution in [1.82, 2.24) is 5.12 Å². The lowest BCUT2D eigenvalue weighted by molar-refractivity contribution is -0.172. The molecule has 1 aromatic carbocycles. The van der Waals surface area contributed by atoms with Crippen LogP contribution < -0.4 is 0 Å². The Morgan fingerprint density at radius 1 is 1.03 bits per heavy atom. The Labute approximate surface area is 209 Å². The minimum absolute atomic E-state index is 0.0540. The summed E-state index contributed by atoms with van der Waals surface area (Å²) in [5.41, 5.74) is 0.563. The van der Waals surface area contributed by atoms with Crippen LogP contribution in [0.2, 0.25) is 0 Å². The molecule has 0 bridgehead atoms. The van der Waals surface area contributed by atoms with Crippen LogP contribution in [0.5, 0.6) is 0 Å². The molecule has 1 fully saturated rings. The van der Waals surface area contributed by atoms with Gasteiger partial charge in [-0.2, -0.15) is 4.39 Å². The third-order valence-electron chi connectivity index (χ3n) is 7.30. The summed E-state index contributed by atoms with van der Waals surface area (Å²) in [4.78, 5) is 3.94. The van der Waals surface area contributed by atoms with E-state index < -0.39 is 12.1 Å². The number of alkyl halides is 2. The Balaban J connectivity index is 1.58. The zero-order chi connectivity index (χ0) is 24.9. The molecule has 0 aromatic heterocycles. The lowest BCUT2D eigenvalue weighted by Gasteiger charge is -2.33. The van der Waals surface area contributed by atoms with E-state index in [-0.39, 0.29) is 23.2 Å². The highest BCUT2D eigenvalue weighted by Crippen LogP contribution is 2.40. The van der Waals surface area contributed by atoms with Crippen LogP contribution in [0.25, 0.3) is 0 Å². The van der Waals surface area contributed by atoms with E-state index in [1.807, 2.05) is 0 Å². The molecule has 35 heavy (non-hydrogen) atoms. The molecule has 6 heteroatoms. The van der Waals surface area contributed by atoms with Crippen LogP contribution in [0.4, 0.5) is 13.3 Å². The van der Waals surface area contributed by atoms with Crippen LogP contribution in [0.3, 0.4) is 0 Å². The van der Waals surface area contributed by atoms with Gasteiger partial charge in [-0.1, -0.05) is 119 Å². The number of allylic oxidation sites excluding steroid dienone is 1. The van der Waals surface area contributed by atoms with Gasteiger partial charge >= 0.3 is 5.92 Å². The number of halogens is 3. The monoisotopic (exact) mass is 492 g/mol. The first kappa shape index (κ1) is 27.6. The maximum absolute atomic E-state index is 15.7. The lowest BCUT2D eigenvalue weighted by Crippen LogP contribution is -2.39. The van der Waals surface area contributed by atoms with Crippen LogP contribution in [-0.2, 0) is 10.7 Å². The van der Waals surface area contributed by atoms with Gasteiger partial charge in [-0.3, -0.25) is 0 Å². The molecule has 0 amide bonds. The average Bonchev–Trinajstić information content (AvgIpc) is 3.40. The SMILES string of the molecule is CCCCCCC(F)COC1=C(CCCCCCC2CCCC2)C=NC(F)(c2ccccc2)N1F. The molecule has 1 aromatic rings. The number of hydrogen-bond acceptors (Lipinski definition) is 3. The topological polar surface area (TPSA) is 24.8 Å². The number of hydrogen-bond donors (Lipinski definition) is 0. The number of unbranched alkanes of at least 4 members (excludes halogenated alkanes) is 6. The highest BCUT2D eigenvalue weighted by atomic mass is 19.2. The van der Waals surface area contributed by atoms with Gasteiger partial charge in [0.2, 0.25) is 5.88 Å². The number of ether oxygens (including phenoxy) is 1. The lowest BCUT2D eigenvalue weighted by atomic mass is 9.98. The molecule has 2 aliphatic rings. The fourth-order valence-electron chi connectivity index (χ4n) is 5.14. The summed E-state index contributed by atoms with van der Waals surface area (Å²) in [5, 5.41) is -0.0540. The van der Waals surface area contributed by atoms with Crippen molar-refractivity contribution in [2.75, 3.05) is 6.61 Å². The van der Waals surface area contributed by atoms with E-state index in [0.29, 0.717) is 18.4 Å². The molecule has 1 saturated carbocycles. The Morgan fingerprint density at radius 3 is 2.49 bits per heavy atom. The summed E-state index contributed by atoms with van der Waals surface area (Å²) >= 11 is 0. The summed E-state index contributed by atoms with van der Waals surface area (Å²) in [6, 6.07) is 7.99. The predicted octanol–water partition coefficient (Wildman–Crippen LogP) is 9.10. The first-order chi connectivity index (χ1) is 17.0. The van der Waals surface area contributed by atoms with Crippen LogP contribution >= 0.6 is 0 Å². The van der Waals surface area contributed by atoms with Gasteiger partial charge < -0.3 is 4.74 Å². The van der Waals surface area contributed by atoms with Gasteiger partial charge in [-0.25, -0.2) is 9.38 Å². The minimum Gasteiger partial charge on any atom is -0.474 e. The summed E-state index contributed by atoms with van der Waals surface area (Å²) < 4.78 is 51.3. The maximum Gasteiger partial charge on any atom is 0.333 e. The van der Waals surface area contributed by atoms with Crippen molar-refractivity contribution in [3.05, 3.63) is 47.4 Å². The molecule has 0 spiro atoms. The molecule has 2 unspecified atom stereocenters. The van der Waals surface area contributed by atoms with E-state index in [9.17, 15) is 4.39 Å². The van der Waals surface area contributed by atoms with Gasteiger partial charge in [0.05, 0.1) is 0 Å². The predicted molar refractivity (Wildman–Crippen MR) is 137 cm³/mol. The number of benzene rings is 1. The van der Waals surface area contributed by atoms with Crippen molar-refractivity contribution in [2.24, 2.45) is 10.9 Å². The first-order valence-electron chi connectivity index (χ1n) is 13.8. The van der Waals surface area contributed by atoms with Crippen molar-refractivity contribution in [1.29, 1.82) is 0 Å². The Bertz CT molecular complexity index is 794. The van der Waals surface area contributed by atoms with E-state index in [1.165, 1.54) is 56.9 Å². The Kier molecular flexibility index (Phi) is 11.5. The van der Waals surface area contributed by atoms with Crippen molar-refractivity contribution < 1.29 is 18.0 Å². The summed E-state index contributed by atoms with van der Waals surface area (Å²) in [6.45, 7) is 1.82. The van der Waals surface area contributed by atoms with Crippen LogP contribution in [-0.4, -0.2) is 24.1 Å². The van der Waals surface area contributed by atoms with Gasteiger partial charge in [-0.15, -0.1) is 5.12 Å². The second-order valence-electron chi connectivity index (χ2n) is 10.2. The van der Waals surface area contributed by atoms with Crippen molar-refractivity contribution in [3.8, 4) is 0 Å². The first-order valence-corrected chi connectivity index (χ1v) is 13.8. The number of aliphatic imine (C=N–C) groups is 1. The maximum atomic E-state index is 15.7. The molecule has 196 valence electrons. The van der Waals surface area contributed by atoms with Crippen LogP contribution in [0.15, 0.2) is 46.8 Å². The Morgan fingerprint density at radius 2 is 1.74 bits per heavy atom. The molecule has 3 rings (SSSR count). The molecule has 0 radical (unpaired) electrons. The molecule has 3 nitrogen and oxygen atoms in total. The van der Waals surface area contributed by atoms with E-state index in [1.54, 1.807) is 18.2 Å². The number of rotatable bonds is 16. The van der Waals surface area contributed by atoms with Gasteiger partial charge in [-0.05, 0) is 25.2 Å². The van der Waals surface area contributed by atoms with Crippen LogP contribution in [0, 0.1) is 5.92 Å². The largest absolute Gasteiger partial charge is 0.474 e. The standard InChI is InChI=1S/C29H43F3N2O/c1-2-3-4-12-21-27(30)23-35-28-25(18-9-6-5-8-15-24-16-13-14-17-24)22-33-29(31,34(28)32)26-19-10-7-11-20-26/h7,10-11,19-20,22,24,27H,2-6,8-9,12-18,21,23H2,1H3. The van der Waals surface area contributed by atoms with E-state index in [0.717, 1.165) is 50.9 Å². The molecule has 1 heterocycles. The van der Waals surface area contributed by atoms with Crippen molar-refractivity contribution in [3.63, 3.8) is 0 Å². The van der Waals surface area contributed by atoms with E-state index >= 15 is 8.87 Å². The molecule has 1 aliphatic heterocycles. The van der Waals surface area contributed by atoms with E-state index in [2.05, 4.69) is 11.9 Å².